The molecule has 0 aliphatic carbocycles. The summed E-state index contributed by atoms with van der Waals surface area (Å²) in [4.78, 5) is 32.8. The smallest absolute Gasteiger partial charge is 0.353 e. The van der Waals surface area contributed by atoms with Crippen molar-refractivity contribution >= 4 is 29.7 Å². The summed E-state index contributed by atoms with van der Waals surface area (Å²) < 4.78 is 5.60. The van der Waals surface area contributed by atoms with Crippen LogP contribution in [0.2, 0.25) is 0 Å². The van der Waals surface area contributed by atoms with Gasteiger partial charge in [-0.3, -0.25) is 4.79 Å². The maximum absolute atomic E-state index is 12.4. The molecule has 0 spiro atoms. The molecule has 28 heavy (non-hydrogen) atoms. The summed E-state index contributed by atoms with van der Waals surface area (Å²) in [5.41, 5.74) is 0.0960. The van der Waals surface area contributed by atoms with Crippen LogP contribution in [-0.4, -0.2) is 96.1 Å². The van der Waals surface area contributed by atoms with E-state index in [1.165, 1.54) is 16.7 Å². The number of ether oxygens (including phenoxy) is 1. The van der Waals surface area contributed by atoms with Gasteiger partial charge in [0, 0.05) is 35.8 Å². The van der Waals surface area contributed by atoms with Crippen molar-refractivity contribution in [2.45, 2.75) is 24.6 Å². The van der Waals surface area contributed by atoms with Gasteiger partial charge in [-0.25, -0.2) is 9.79 Å². The molecule has 3 aliphatic rings. The van der Waals surface area contributed by atoms with Crippen LogP contribution in [0.3, 0.4) is 0 Å². The van der Waals surface area contributed by atoms with E-state index >= 15 is 0 Å². The Hall–Kier alpha value is -1.78. The normalized spacial score (nSPS) is 29.4. The topological polar surface area (TPSA) is 115 Å². The molecule has 3 N–H and O–H groups in total. The molecular formula is C18H28N4O5S. The van der Waals surface area contributed by atoms with Gasteiger partial charge >= 0.3 is 5.97 Å². The van der Waals surface area contributed by atoms with Crippen LogP contribution < -0.4 is 5.32 Å². The van der Waals surface area contributed by atoms with Crippen molar-refractivity contribution in [1.82, 2.24) is 15.1 Å². The maximum Gasteiger partial charge on any atom is 0.353 e. The number of aliphatic hydroxyl groups excluding tert-OH is 1. The Kier molecular flexibility index (Phi) is 6.51. The Morgan fingerprint density at radius 3 is 2.79 bits per heavy atom. The summed E-state index contributed by atoms with van der Waals surface area (Å²) in [6.45, 7) is 4.38. The lowest BCUT2D eigenvalue weighted by Gasteiger charge is -2.45. The number of nitrogens with zero attached hydrogens (tertiary/aromatic N) is 3. The average Bonchev–Trinajstić information content (AvgIpc) is 2.90. The van der Waals surface area contributed by atoms with E-state index in [2.05, 4.69) is 10.3 Å². The minimum Gasteiger partial charge on any atom is -0.477 e. The quantitative estimate of drug-likeness (QED) is 0.469. The first kappa shape index (κ1) is 20.9. The van der Waals surface area contributed by atoms with Crippen molar-refractivity contribution < 1.29 is 24.5 Å². The molecule has 3 aliphatic heterocycles. The van der Waals surface area contributed by atoms with Crippen LogP contribution in [0.25, 0.3) is 0 Å². The second-order valence-electron chi connectivity index (χ2n) is 7.54. The fourth-order valence-corrected chi connectivity index (χ4v) is 5.21. The van der Waals surface area contributed by atoms with E-state index in [-0.39, 0.29) is 41.3 Å². The van der Waals surface area contributed by atoms with Gasteiger partial charge < -0.3 is 30.1 Å². The number of hydrogen-bond donors (Lipinski definition) is 3. The number of hydrogen-bond acceptors (Lipinski definition) is 8. The molecule has 1 amide bonds. The molecule has 0 radical (unpaired) electrons. The minimum atomic E-state index is -1.08. The molecule has 0 aromatic heterocycles. The number of carboxylic acid groups (broad SMARTS) is 1. The fraction of sp³-hybridized carbons (Fsp3) is 0.722. The second kappa shape index (κ2) is 8.71. The average molecular weight is 413 g/mol. The van der Waals surface area contributed by atoms with Gasteiger partial charge in [-0.15, -0.1) is 11.8 Å². The number of nitrogens with one attached hydrogen (secondary N) is 1. The molecule has 3 heterocycles. The largest absolute Gasteiger partial charge is 0.477 e. The number of likely N-dealkylation sites (N-methyl/N-ethyl adjacent to an activating group) is 1. The lowest BCUT2D eigenvalue weighted by Crippen LogP contribution is -2.60. The Morgan fingerprint density at radius 1 is 1.46 bits per heavy atom. The second-order valence-corrected chi connectivity index (χ2v) is 8.88. The molecule has 1 fully saturated rings. The van der Waals surface area contributed by atoms with Gasteiger partial charge in [-0.1, -0.05) is 6.92 Å². The van der Waals surface area contributed by atoms with E-state index in [0.29, 0.717) is 32.1 Å². The van der Waals surface area contributed by atoms with E-state index in [1.54, 1.807) is 0 Å². The zero-order chi connectivity index (χ0) is 20.4. The number of carbonyl (C=O) groups is 2. The van der Waals surface area contributed by atoms with Gasteiger partial charge in [0.2, 0.25) is 5.91 Å². The molecule has 10 heteroatoms. The number of thioether (sulfide) groups is 1. The third kappa shape index (κ3) is 3.99. The number of amides is 1. The predicted octanol–water partition coefficient (Wildman–Crippen LogP) is -0.219. The van der Waals surface area contributed by atoms with Crippen molar-refractivity contribution in [2.75, 3.05) is 46.9 Å². The number of carboxylic acids is 1. The van der Waals surface area contributed by atoms with Crippen molar-refractivity contribution in [3.8, 4) is 0 Å². The van der Waals surface area contributed by atoms with E-state index in [1.807, 2.05) is 25.9 Å². The standard InChI is InChI=1S/C18H28N4O5S/c1-10-13-12(4-6-23)16(24)22(13)14(17(25)26)15(10)28-11-8-19-18(20-9-11)27-7-5-21(2)3/h10-13,23H,4-9H2,1-3H3,(H,19,20)(H,25,26)/t10-,12+,13-/m1/s1. The number of amidine groups is 1. The van der Waals surface area contributed by atoms with Crippen LogP contribution in [0, 0.1) is 11.8 Å². The number of fused-ring (bicyclic) bond motifs is 1. The van der Waals surface area contributed by atoms with Crippen molar-refractivity contribution in [2.24, 2.45) is 16.8 Å². The molecule has 1 saturated heterocycles. The van der Waals surface area contributed by atoms with Crippen molar-refractivity contribution in [1.29, 1.82) is 0 Å². The Labute approximate surface area is 168 Å². The zero-order valence-corrected chi connectivity index (χ0v) is 17.2. The van der Waals surface area contributed by atoms with Crippen LogP contribution in [0.5, 0.6) is 0 Å². The molecule has 0 saturated carbocycles. The monoisotopic (exact) mass is 412 g/mol. The minimum absolute atomic E-state index is 0.0629. The molecule has 0 bridgehead atoms. The number of β-lactam (4-membered cyclic amide) rings is 1. The highest BCUT2D eigenvalue weighted by molar-refractivity contribution is 8.03. The Balaban J connectivity index is 1.64. The highest BCUT2D eigenvalue weighted by Gasteiger charge is 2.58. The third-order valence-corrected chi connectivity index (χ3v) is 6.77. The van der Waals surface area contributed by atoms with Gasteiger partial charge in [0.15, 0.2) is 0 Å². The lowest BCUT2D eigenvalue weighted by molar-refractivity contribution is -0.157. The summed E-state index contributed by atoms with van der Waals surface area (Å²) in [6.07, 6.45) is 0.373. The molecule has 4 atom stereocenters. The highest BCUT2D eigenvalue weighted by atomic mass is 32.2. The van der Waals surface area contributed by atoms with Crippen LogP contribution >= 0.6 is 11.8 Å². The summed E-state index contributed by atoms with van der Waals surface area (Å²) in [7, 11) is 3.95. The molecular weight excluding hydrogens is 384 g/mol. The molecule has 9 nitrogen and oxygen atoms in total. The summed E-state index contributed by atoms with van der Waals surface area (Å²) >= 11 is 1.48. The highest BCUT2D eigenvalue weighted by Crippen LogP contribution is 2.51. The van der Waals surface area contributed by atoms with Gasteiger partial charge in [0.25, 0.3) is 6.02 Å². The number of aliphatic carboxylic acids is 1. The third-order valence-electron chi connectivity index (χ3n) is 5.30. The van der Waals surface area contributed by atoms with Crippen LogP contribution in [0.15, 0.2) is 15.6 Å². The zero-order valence-electron chi connectivity index (χ0n) is 16.4. The van der Waals surface area contributed by atoms with Crippen molar-refractivity contribution in [3.63, 3.8) is 0 Å². The Bertz CT molecular complexity index is 695. The van der Waals surface area contributed by atoms with Gasteiger partial charge in [0.1, 0.15) is 12.3 Å². The summed E-state index contributed by atoms with van der Waals surface area (Å²) in [6, 6.07) is 0.353. The summed E-state index contributed by atoms with van der Waals surface area (Å²) in [5.74, 6) is -1.64. The lowest BCUT2D eigenvalue weighted by atomic mass is 9.80. The van der Waals surface area contributed by atoms with Crippen molar-refractivity contribution in [3.05, 3.63) is 10.6 Å². The van der Waals surface area contributed by atoms with Crippen LogP contribution in [0.4, 0.5) is 0 Å². The van der Waals surface area contributed by atoms with E-state index < -0.39 is 5.97 Å². The number of rotatable bonds is 8. The molecule has 0 aromatic rings. The van der Waals surface area contributed by atoms with E-state index in [9.17, 15) is 19.8 Å². The van der Waals surface area contributed by atoms with Crippen LogP contribution in [0.1, 0.15) is 13.3 Å². The number of aliphatic hydroxyl groups is 1. The van der Waals surface area contributed by atoms with Crippen LogP contribution in [-0.2, 0) is 14.3 Å². The molecule has 0 unspecified atom stereocenters. The van der Waals surface area contributed by atoms with Gasteiger partial charge in [-0.2, -0.15) is 0 Å². The number of aliphatic imine (C=N–C) groups is 1. The number of carbonyl (C=O) groups excluding carboxylic acids is 1. The van der Waals surface area contributed by atoms with E-state index in [0.717, 1.165) is 11.4 Å². The fourth-order valence-electron chi connectivity index (χ4n) is 3.88. The Morgan fingerprint density at radius 2 is 2.21 bits per heavy atom. The molecule has 0 aromatic carbocycles. The first-order valence-corrected chi connectivity index (χ1v) is 10.4. The SMILES string of the molecule is C[C@H]1C(S[C@H]2CN=C(OCCN(C)C)NC2)=C(C(=O)O)N2C(=O)[C@@H](CCO)[C@@H]12. The summed E-state index contributed by atoms with van der Waals surface area (Å²) in [5, 5.41) is 22.1. The van der Waals surface area contributed by atoms with E-state index in [4.69, 9.17) is 4.74 Å². The van der Waals surface area contributed by atoms with Gasteiger partial charge in [-0.05, 0) is 20.5 Å². The maximum atomic E-state index is 12.4. The first-order chi connectivity index (χ1) is 13.3. The molecule has 3 rings (SSSR count). The molecule has 156 valence electrons. The predicted molar refractivity (Wildman–Crippen MR) is 106 cm³/mol. The van der Waals surface area contributed by atoms with Gasteiger partial charge in [0.05, 0.1) is 18.5 Å². The first-order valence-electron chi connectivity index (χ1n) is 9.49.